The number of imide groups is 1. The number of pyridine rings is 1. The van der Waals surface area contributed by atoms with Gasteiger partial charge in [-0.3, -0.25) is 4.79 Å². The van der Waals surface area contributed by atoms with E-state index in [2.05, 4.69) is 9.72 Å². The lowest BCUT2D eigenvalue weighted by Gasteiger charge is -2.28. The van der Waals surface area contributed by atoms with Gasteiger partial charge in [0.05, 0.1) is 11.7 Å². The van der Waals surface area contributed by atoms with Crippen LogP contribution in [0.15, 0.2) is 60.9 Å². The van der Waals surface area contributed by atoms with Crippen LogP contribution in [0.1, 0.15) is 18.0 Å². The molecule has 182 valence electrons. The molecule has 0 bridgehead atoms. The van der Waals surface area contributed by atoms with Gasteiger partial charge in [-0.1, -0.05) is 35.3 Å². The summed E-state index contributed by atoms with van der Waals surface area (Å²) in [6.45, 7) is 0.275. The molecule has 0 N–H and O–H groups in total. The molecule has 0 spiro atoms. The Morgan fingerprint density at radius 3 is 2.29 bits per heavy atom. The molecule has 7 nitrogen and oxygen atoms in total. The minimum Gasteiger partial charge on any atom is -0.406 e. The third kappa shape index (κ3) is 4.32. The zero-order valence-corrected chi connectivity index (χ0v) is 19.4. The smallest absolute Gasteiger partial charge is 0.406 e. The summed E-state index contributed by atoms with van der Waals surface area (Å²) in [4.78, 5) is 33.8. The van der Waals surface area contributed by atoms with Crippen molar-refractivity contribution in [1.29, 1.82) is 0 Å². The Labute approximate surface area is 207 Å². The maximum absolute atomic E-state index is 13.9. The van der Waals surface area contributed by atoms with Crippen molar-refractivity contribution >= 4 is 40.8 Å². The monoisotopic (exact) mass is 524 g/mol. The number of hydrogen-bond donors (Lipinski definition) is 0. The highest BCUT2D eigenvalue weighted by atomic mass is 35.5. The number of benzene rings is 1. The lowest BCUT2D eigenvalue weighted by Crippen LogP contribution is -2.47. The van der Waals surface area contributed by atoms with E-state index in [0.29, 0.717) is 12.0 Å². The normalized spacial score (nSPS) is 22.1. The zero-order valence-electron chi connectivity index (χ0n) is 17.9. The van der Waals surface area contributed by atoms with Gasteiger partial charge in [0.25, 0.3) is 5.91 Å². The Balaban J connectivity index is 1.51. The second kappa shape index (κ2) is 8.46. The third-order valence-corrected chi connectivity index (χ3v) is 6.60. The van der Waals surface area contributed by atoms with Gasteiger partial charge in [-0.05, 0) is 42.0 Å². The van der Waals surface area contributed by atoms with Crippen LogP contribution in [0.25, 0.3) is 0 Å². The molecule has 0 saturated carbocycles. The molecule has 0 radical (unpaired) electrons. The second-order valence-electron chi connectivity index (χ2n) is 8.39. The first-order valence-electron chi connectivity index (χ1n) is 10.5. The standard InChI is InChI=1S/C23H17Cl2F3N4O3/c24-18-9-15(10-19(25)29-18)32-20(33)22(11-14-3-5-17(6-4-14)35-23(26,27)28)12-16(13-31(22)21(32)34)30-7-1-2-8-30/h1-10,16H,11-13H2/t16-,22+/m0/s1. The van der Waals surface area contributed by atoms with Gasteiger partial charge < -0.3 is 14.2 Å². The highest BCUT2D eigenvalue weighted by molar-refractivity contribution is 6.33. The minimum absolute atomic E-state index is 0.0275. The van der Waals surface area contributed by atoms with Crippen molar-refractivity contribution in [3.05, 3.63) is 76.8 Å². The Hall–Kier alpha value is -3.24. The predicted molar refractivity (Wildman–Crippen MR) is 121 cm³/mol. The van der Waals surface area contributed by atoms with Gasteiger partial charge in [-0.25, -0.2) is 14.7 Å². The average molecular weight is 525 g/mol. The Bertz CT molecular complexity index is 1260. The zero-order chi connectivity index (χ0) is 25.0. The van der Waals surface area contributed by atoms with Crippen molar-refractivity contribution in [2.75, 3.05) is 11.4 Å². The van der Waals surface area contributed by atoms with Crippen LogP contribution in [-0.4, -0.2) is 44.8 Å². The van der Waals surface area contributed by atoms with E-state index in [4.69, 9.17) is 23.2 Å². The van der Waals surface area contributed by atoms with E-state index < -0.39 is 23.8 Å². The number of alkyl halides is 3. The molecule has 1 aromatic carbocycles. The van der Waals surface area contributed by atoms with Crippen LogP contribution < -0.4 is 9.64 Å². The van der Waals surface area contributed by atoms with Crippen molar-refractivity contribution in [1.82, 2.24) is 14.5 Å². The summed E-state index contributed by atoms with van der Waals surface area (Å²) < 4.78 is 43.5. The summed E-state index contributed by atoms with van der Waals surface area (Å²) in [5.74, 6) is -0.838. The molecule has 2 aromatic heterocycles. The lowest BCUT2D eigenvalue weighted by molar-refractivity contribution is -0.274. The predicted octanol–water partition coefficient (Wildman–Crippen LogP) is 5.48. The fraction of sp³-hybridized carbons (Fsp3) is 0.261. The largest absolute Gasteiger partial charge is 0.573 e. The van der Waals surface area contributed by atoms with Crippen LogP contribution in [0.4, 0.5) is 23.7 Å². The number of rotatable bonds is 5. The van der Waals surface area contributed by atoms with Crippen LogP contribution >= 0.6 is 23.2 Å². The quantitative estimate of drug-likeness (QED) is 0.327. The maximum Gasteiger partial charge on any atom is 0.573 e. The number of halogens is 5. The molecule has 3 amide bonds. The van der Waals surface area contributed by atoms with E-state index in [0.717, 1.165) is 4.90 Å². The molecule has 2 aliphatic heterocycles. The van der Waals surface area contributed by atoms with Crippen molar-refractivity contribution in [3.8, 4) is 5.75 Å². The molecule has 12 heteroatoms. The number of aromatic nitrogens is 2. The Morgan fingerprint density at radius 2 is 1.69 bits per heavy atom. The highest BCUT2D eigenvalue weighted by Crippen LogP contribution is 2.46. The van der Waals surface area contributed by atoms with Gasteiger partial charge in [0.15, 0.2) is 0 Å². The van der Waals surface area contributed by atoms with Crippen molar-refractivity contribution in [2.45, 2.75) is 30.8 Å². The summed E-state index contributed by atoms with van der Waals surface area (Å²) in [7, 11) is 0. The highest BCUT2D eigenvalue weighted by Gasteiger charge is 2.62. The van der Waals surface area contributed by atoms with Crippen molar-refractivity contribution in [3.63, 3.8) is 0 Å². The number of ether oxygens (including phenoxy) is 1. The van der Waals surface area contributed by atoms with Gasteiger partial charge in [-0.15, -0.1) is 13.2 Å². The average Bonchev–Trinajstić information content (AvgIpc) is 3.45. The first-order valence-corrected chi connectivity index (χ1v) is 11.3. The summed E-state index contributed by atoms with van der Waals surface area (Å²) >= 11 is 12.0. The van der Waals surface area contributed by atoms with Gasteiger partial charge >= 0.3 is 12.4 Å². The molecular weight excluding hydrogens is 508 g/mol. The van der Waals surface area contributed by atoms with Crippen molar-refractivity contribution in [2.24, 2.45) is 0 Å². The van der Waals surface area contributed by atoms with Gasteiger partial charge in [-0.2, -0.15) is 0 Å². The molecule has 0 aliphatic carbocycles. The van der Waals surface area contributed by atoms with Gasteiger partial charge in [0, 0.05) is 31.8 Å². The van der Waals surface area contributed by atoms with Gasteiger partial charge in [0.1, 0.15) is 21.6 Å². The number of nitrogens with zero attached hydrogens (tertiary/aromatic N) is 4. The van der Waals surface area contributed by atoms with E-state index in [9.17, 15) is 22.8 Å². The number of amides is 3. The number of hydrogen-bond acceptors (Lipinski definition) is 4. The summed E-state index contributed by atoms with van der Waals surface area (Å²) in [5, 5.41) is 0.0550. The van der Waals surface area contributed by atoms with Crippen LogP contribution in [0.3, 0.4) is 0 Å². The van der Waals surface area contributed by atoms with Gasteiger partial charge in [0.2, 0.25) is 0 Å². The first kappa shape index (κ1) is 23.5. The third-order valence-electron chi connectivity index (χ3n) is 6.22. The summed E-state index contributed by atoms with van der Waals surface area (Å²) in [5.41, 5.74) is -0.475. The molecule has 2 aliphatic rings. The van der Waals surface area contributed by atoms with Crippen LogP contribution in [-0.2, 0) is 11.2 Å². The fourth-order valence-corrected chi connectivity index (χ4v) is 5.27. The lowest BCUT2D eigenvalue weighted by atomic mass is 9.87. The van der Waals surface area contributed by atoms with Crippen LogP contribution in [0.5, 0.6) is 5.75 Å². The van der Waals surface area contributed by atoms with E-state index >= 15 is 0 Å². The number of carbonyl (C=O) groups is 2. The molecule has 35 heavy (non-hydrogen) atoms. The summed E-state index contributed by atoms with van der Waals surface area (Å²) in [6, 6.07) is 11.1. The maximum atomic E-state index is 13.9. The molecule has 4 heterocycles. The van der Waals surface area contributed by atoms with Crippen molar-refractivity contribution < 1.29 is 27.5 Å². The SMILES string of the molecule is O=C1N(c2cc(Cl)nc(Cl)c2)C(=O)[C@@]2(Cc3ccc(OC(F)(F)F)cc3)C[C@H](n3cccc3)CN12. The first-order chi connectivity index (χ1) is 16.6. The Kier molecular flexibility index (Phi) is 5.68. The topological polar surface area (TPSA) is 67.7 Å². The molecular formula is C23H17Cl2F3N4O3. The van der Waals surface area contributed by atoms with E-state index in [1.807, 2.05) is 29.1 Å². The molecule has 2 fully saturated rings. The van der Waals surface area contributed by atoms with E-state index in [-0.39, 0.29) is 40.8 Å². The molecule has 2 saturated heterocycles. The molecule has 0 unspecified atom stereocenters. The minimum atomic E-state index is -4.81. The van der Waals surface area contributed by atoms with Crippen LogP contribution in [0, 0.1) is 0 Å². The van der Waals surface area contributed by atoms with E-state index in [1.54, 1.807) is 0 Å². The molecule has 5 rings (SSSR count). The number of carbonyl (C=O) groups excluding carboxylic acids is 2. The van der Waals surface area contributed by atoms with Crippen LogP contribution in [0.2, 0.25) is 10.3 Å². The molecule has 2 atom stereocenters. The second-order valence-corrected chi connectivity index (χ2v) is 9.17. The number of urea groups is 1. The molecule has 3 aromatic rings. The number of anilines is 1. The fourth-order valence-electron chi connectivity index (χ4n) is 4.82. The Morgan fingerprint density at radius 1 is 1.06 bits per heavy atom. The van der Waals surface area contributed by atoms with E-state index in [1.165, 1.54) is 41.3 Å². The summed E-state index contributed by atoms with van der Waals surface area (Å²) in [6.07, 6.45) is -0.674. The number of fused-ring (bicyclic) bond motifs is 1.